The zero-order valence-corrected chi connectivity index (χ0v) is 12.5. The molecule has 3 N–H and O–H groups in total. The van der Waals surface area contributed by atoms with Crippen molar-refractivity contribution in [3.8, 4) is 0 Å². The van der Waals surface area contributed by atoms with Gasteiger partial charge in [0.05, 0.1) is 6.54 Å². The van der Waals surface area contributed by atoms with E-state index < -0.39 is 0 Å². The summed E-state index contributed by atoms with van der Waals surface area (Å²) in [5.74, 6) is 0.481. The van der Waals surface area contributed by atoms with Crippen LogP contribution in [0.25, 0.3) is 0 Å². The number of thiophene rings is 1. The Labute approximate surface area is 123 Å². The Bertz CT molecular complexity index is 643. The zero-order valence-electron chi connectivity index (χ0n) is 11.6. The van der Waals surface area contributed by atoms with E-state index in [0.717, 1.165) is 5.69 Å². The van der Waals surface area contributed by atoms with Crippen molar-refractivity contribution in [2.24, 2.45) is 10.7 Å². The fourth-order valence-corrected chi connectivity index (χ4v) is 3.37. The summed E-state index contributed by atoms with van der Waals surface area (Å²) in [6, 6.07) is 8.62. The Morgan fingerprint density at radius 1 is 1.30 bits per heavy atom. The maximum atomic E-state index is 5.95. The summed E-state index contributed by atoms with van der Waals surface area (Å²) in [6.07, 6.45) is 3.65. The first-order valence-electron chi connectivity index (χ1n) is 6.93. The normalized spacial score (nSPS) is 14.3. The molecule has 1 aliphatic carbocycles. The summed E-state index contributed by atoms with van der Waals surface area (Å²) in [5.41, 5.74) is 11.2. The van der Waals surface area contributed by atoms with Gasteiger partial charge >= 0.3 is 0 Å². The molecule has 0 saturated heterocycles. The number of aryl methyl sites for hydroxylation is 3. The third-order valence-electron chi connectivity index (χ3n) is 3.56. The van der Waals surface area contributed by atoms with Crippen LogP contribution in [-0.4, -0.2) is 5.96 Å². The van der Waals surface area contributed by atoms with Crippen LogP contribution in [0.2, 0.25) is 0 Å². The van der Waals surface area contributed by atoms with Crippen molar-refractivity contribution in [2.75, 3.05) is 5.32 Å². The maximum absolute atomic E-state index is 5.95. The molecule has 0 saturated carbocycles. The molecular weight excluding hydrogens is 266 g/mol. The average molecular weight is 285 g/mol. The zero-order chi connectivity index (χ0) is 13.9. The number of rotatable bonds is 3. The van der Waals surface area contributed by atoms with Crippen molar-refractivity contribution >= 4 is 23.0 Å². The summed E-state index contributed by atoms with van der Waals surface area (Å²) in [5, 5.41) is 5.31. The molecule has 0 bridgehead atoms. The smallest absolute Gasteiger partial charge is 0.193 e. The Kier molecular flexibility index (Phi) is 3.74. The second kappa shape index (κ2) is 5.67. The number of nitrogens with two attached hydrogens (primary N) is 1. The quantitative estimate of drug-likeness (QED) is 0.670. The van der Waals surface area contributed by atoms with Gasteiger partial charge in [-0.05, 0) is 66.5 Å². The molecular formula is C16H19N3S. The van der Waals surface area contributed by atoms with Gasteiger partial charge in [-0.1, -0.05) is 6.07 Å². The Morgan fingerprint density at radius 2 is 2.15 bits per heavy atom. The van der Waals surface area contributed by atoms with Gasteiger partial charge < -0.3 is 11.1 Å². The fourth-order valence-electron chi connectivity index (χ4n) is 2.57. The lowest BCUT2D eigenvalue weighted by Crippen LogP contribution is -2.22. The van der Waals surface area contributed by atoms with Crippen LogP contribution in [0.3, 0.4) is 0 Å². The molecule has 1 heterocycles. The largest absolute Gasteiger partial charge is 0.370 e. The number of nitrogens with one attached hydrogen (secondary N) is 1. The van der Waals surface area contributed by atoms with Crippen LogP contribution in [0.4, 0.5) is 5.69 Å². The second-order valence-corrected chi connectivity index (χ2v) is 6.25. The highest BCUT2D eigenvalue weighted by Gasteiger charge is 2.10. The molecule has 0 amide bonds. The number of guanidine groups is 1. The van der Waals surface area contributed by atoms with E-state index in [1.54, 1.807) is 11.3 Å². The number of aliphatic imine (C=N–C) groups is 1. The van der Waals surface area contributed by atoms with Crippen LogP contribution >= 0.6 is 11.3 Å². The molecule has 20 heavy (non-hydrogen) atoms. The summed E-state index contributed by atoms with van der Waals surface area (Å²) in [4.78, 5) is 5.63. The minimum Gasteiger partial charge on any atom is -0.370 e. The van der Waals surface area contributed by atoms with Crippen LogP contribution in [-0.2, 0) is 19.4 Å². The Hall–Kier alpha value is -1.81. The van der Waals surface area contributed by atoms with Crippen molar-refractivity contribution in [1.82, 2.24) is 0 Å². The number of anilines is 1. The number of hydrogen-bond acceptors (Lipinski definition) is 2. The Morgan fingerprint density at radius 3 is 2.95 bits per heavy atom. The number of fused-ring (bicyclic) bond motifs is 1. The van der Waals surface area contributed by atoms with Crippen LogP contribution in [0.15, 0.2) is 34.6 Å². The molecule has 0 unspecified atom stereocenters. The predicted octanol–water partition coefficient (Wildman–Crippen LogP) is 3.47. The monoisotopic (exact) mass is 285 g/mol. The molecule has 0 fully saturated rings. The van der Waals surface area contributed by atoms with Crippen molar-refractivity contribution in [3.63, 3.8) is 0 Å². The van der Waals surface area contributed by atoms with E-state index >= 15 is 0 Å². The highest BCUT2D eigenvalue weighted by molar-refractivity contribution is 7.10. The van der Waals surface area contributed by atoms with E-state index in [2.05, 4.69) is 46.9 Å². The van der Waals surface area contributed by atoms with Crippen LogP contribution in [0.5, 0.6) is 0 Å². The fraction of sp³-hybridized carbons (Fsp3) is 0.312. The minimum absolute atomic E-state index is 0.481. The Balaban J connectivity index is 1.64. The van der Waals surface area contributed by atoms with Crippen molar-refractivity contribution in [1.29, 1.82) is 0 Å². The molecule has 0 aliphatic heterocycles. The number of hydrogen-bond donors (Lipinski definition) is 2. The van der Waals surface area contributed by atoms with E-state index in [1.807, 2.05) is 0 Å². The first-order valence-corrected chi connectivity index (χ1v) is 7.81. The molecule has 1 aromatic carbocycles. The second-order valence-electron chi connectivity index (χ2n) is 5.25. The van der Waals surface area contributed by atoms with Crippen molar-refractivity contribution < 1.29 is 0 Å². The lowest BCUT2D eigenvalue weighted by molar-refractivity contribution is 0.912. The van der Waals surface area contributed by atoms with Gasteiger partial charge in [0.25, 0.3) is 0 Å². The summed E-state index contributed by atoms with van der Waals surface area (Å²) < 4.78 is 0. The van der Waals surface area contributed by atoms with Gasteiger partial charge in [0.15, 0.2) is 5.96 Å². The van der Waals surface area contributed by atoms with Crippen molar-refractivity contribution in [2.45, 2.75) is 32.7 Å². The standard InChI is InChI=1S/C16H19N3S/c1-11-7-15(20-10-11)9-18-16(17)19-14-6-5-12-3-2-4-13(12)8-14/h5-8,10H,2-4,9H2,1H3,(H3,17,18,19). The molecule has 1 aromatic heterocycles. The van der Waals surface area contributed by atoms with Gasteiger partial charge in [-0.2, -0.15) is 0 Å². The van der Waals surface area contributed by atoms with E-state index in [-0.39, 0.29) is 0 Å². The molecule has 0 atom stereocenters. The average Bonchev–Trinajstić information content (AvgIpc) is 3.04. The van der Waals surface area contributed by atoms with E-state index in [1.165, 1.54) is 40.8 Å². The van der Waals surface area contributed by atoms with E-state index in [4.69, 9.17) is 5.73 Å². The van der Waals surface area contributed by atoms with Crippen LogP contribution < -0.4 is 11.1 Å². The predicted molar refractivity (Wildman–Crippen MR) is 86.5 cm³/mol. The van der Waals surface area contributed by atoms with Crippen LogP contribution in [0, 0.1) is 6.92 Å². The molecule has 0 radical (unpaired) electrons. The van der Waals surface area contributed by atoms with E-state index in [9.17, 15) is 0 Å². The first-order chi connectivity index (χ1) is 9.70. The summed E-state index contributed by atoms with van der Waals surface area (Å²) in [7, 11) is 0. The molecule has 4 heteroatoms. The molecule has 3 rings (SSSR count). The lowest BCUT2D eigenvalue weighted by atomic mass is 10.1. The first kappa shape index (κ1) is 13.2. The topological polar surface area (TPSA) is 50.4 Å². The van der Waals surface area contributed by atoms with Gasteiger partial charge in [-0.25, -0.2) is 4.99 Å². The van der Waals surface area contributed by atoms with Gasteiger partial charge in [0.2, 0.25) is 0 Å². The SMILES string of the molecule is Cc1csc(CN=C(N)Nc2ccc3c(c2)CCC3)c1. The third-order valence-corrected chi connectivity index (χ3v) is 4.60. The van der Waals surface area contributed by atoms with Crippen molar-refractivity contribution in [3.05, 3.63) is 51.2 Å². The van der Waals surface area contributed by atoms with E-state index in [0.29, 0.717) is 12.5 Å². The highest BCUT2D eigenvalue weighted by Crippen LogP contribution is 2.24. The molecule has 104 valence electrons. The van der Waals surface area contributed by atoms with Crippen LogP contribution in [0.1, 0.15) is 28.0 Å². The minimum atomic E-state index is 0.481. The molecule has 0 spiro atoms. The lowest BCUT2D eigenvalue weighted by Gasteiger charge is -2.07. The molecule has 1 aliphatic rings. The van der Waals surface area contributed by atoms with Gasteiger partial charge in [0.1, 0.15) is 0 Å². The number of benzene rings is 1. The third kappa shape index (κ3) is 3.02. The molecule has 2 aromatic rings. The summed E-state index contributed by atoms with van der Waals surface area (Å²) in [6.45, 7) is 2.73. The van der Waals surface area contributed by atoms with Gasteiger partial charge in [0, 0.05) is 10.6 Å². The summed E-state index contributed by atoms with van der Waals surface area (Å²) >= 11 is 1.72. The van der Waals surface area contributed by atoms with Gasteiger partial charge in [-0.3, -0.25) is 0 Å². The van der Waals surface area contributed by atoms with Gasteiger partial charge in [-0.15, -0.1) is 11.3 Å². The number of nitrogens with zero attached hydrogens (tertiary/aromatic N) is 1. The maximum Gasteiger partial charge on any atom is 0.193 e. The highest BCUT2D eigenvalue weighted by atomic mass is 32.1. The molecule has 3 nitrogen and oxygen atoms in total.